The van der Waals surface area contributed by atoms with Gasteiger partial charge in [-0.1, -0.05) is 6.07 Å². The zero-order valence-corrected chi connectivity index (χ0v) is 8.51. The van der Waals surface area contributed by atoms with Crippen molar-refractivity contribution in [3.05, 3.63) is 35.4 Å². The van der Waals surface area contributed by atoms with Gasteiger partial charge in [0.2, 0.25) is 0 Å². The topological polar surface area (TPSA) is 46.2 Å². The van der Waals surface area contributed by atoms with Crippen LogP contribution in [0.1, 0.15) is 18.1 Å². The summed E-state index contributed by atoms with van der Waals surface area (Å²) in [5, 5.41) is 9.38. The second kappa shape index (κ2) is 4.97. The summed E-state index contributed by atoms with van der Waals surface area (Å²) < 4.78 is 62.0. The minimum absolute atomic E-state index is 0.411. The maximum absolute atomic E-state index is 13.1. The van der Waals surface area contributed by atoms with Crippen LogP contribution in [0, 0.1) is 11.6 Å². The maximum Gasteiger partial charge on any atom is 0.403 e. The summed E-state index contributed by atoms with van der Waals surface area (Å²) in [5.41, 5.74) is 4.38. The van der Waals surface area contributed by atoms with Gasteiger partial charge in [-0.2, -0.15) is 13.2 Å². The van der Waals surface area contributed by atoms with Gasteiger partial charge in [-0.3, -0.25) is 0 Å². The van der Waals surface area contributed by atoms with Crippen LogP contribution in [0.2, 0.25) is 0 Å². The van der Waals surface area contributed by atoms with Crippen molar-refractivity contribution < 1.29 is 27.1 Å². The first-order chi connectivity index (χ1) is 7.71. The number of nitrogens with two attached hydrogens (primary N) is 1. The molecule has 0 bridgehead atoms. The first-order valence-corrected chi connectivity index (χ1v) is 4.67. The van der Waals surface area contributed by atoms with E-state index in [1.54, 1.807) is 0 Å². The average Bonchev–Trinajstić information content (AvgIpc) is 2.15. The molecule has 0 heterocycles. The lowest BCUT2D eigenvalue weighted by molar-refractivity contribution is -0.154. The number of hydrogen-bond donors (Lipinski definition) is 2. The molecule has 0 unspecified atom stereocenters. The summed E-state index contributed by atoms with van der Waals surface area (Å²) >= 11 is 0. The smallest absolute Gasteiger partial charge is 0.388 e. The highest BCUT2D eigenvalue weighted by molar-refractivity contribution is 5.21. The van der Waals surface area contributed by atoms with Gasteiger partial charge in [-0.25, -0.2) is 8.78 Å². The van der Waals surface area contributed by atoms with E-state index >= 15 is 0 Å². The van der Waals surface area contributed by atoms with E-state index in [4.69, 9.17) is 5.73 Å². The number of rotatable bonds is 3. The molecule has 2 atom stereocenters. The highest BCUT2D eigenvalue weighted by Gasteiger charge is 2.38. The molecule has 7 heteroatoms. The SMILES string of the molecule is N[C@H](C[C@@H](O)c1ccc(F)cc1F)C(F)(F)F. The number of alkyl halides is 3. The molecule has 0 aliphatic rings. The average molecular weight is 255 g/mol. The first-order valence-electron chi connectivity index (χ1n) is 4.67. The van der Waals surface area contributed by atoms with E-state index in [9.17, 15) is 27.1 Å². The van der Waals surface area contributed by atoms with Crippen LogP contribution in [0.3, 0.4) is 0 Å². The second-order valence-electron chi connectivity index (χ2n) is 3.57. The molecule has 0 saturated carbocycles. The third-order valence-corrected chi connectivity index (χ3v) is 2.22. The molecule has 2 nitrogen and oxygen atoms in total. The van der Waals surface area contributed by atoms with Crippen LogP contribution < -0.4 is 5.73 Å². The van der Waals surface area contributed by atoms with E-state index in [-0.39, 0.29) is 0 Å². The minimum atomic E-state index is -4.67. The van der Waals surface area contributed by atoms with Gasteiger partial charge in [0.05, 0.1) is 6.10 Å². The molecule has 17 heavy (non-hydrogen) atoms. The Labute approximate surface area is 93.9 Å². The van der Waals surface area contributed by atoms with Crippen molar-refractivity contribution in [3.63, 3.8) is 0 Å². The Hall–Kier alpha value is -1.21. The summed E-state index contributed by atoms with van der Waals surface area (Å²) in [7, 11) is 0. The first kappa shape index (κ1) is 13.9. The van der Waals surface area contributed by atoms with Crippen LogP contribution in [-0.2, 0) is 0 Å². The summed E-state index contributed by atoms with van der Waals surface area (Å²) in [6, 6.07) is -0.0430. The van der Waals surface area contributed by atoms with E-state index in [0.717, 1.165) is 12.1 Å². The zero-order chi connectivity index (χ0) is 13.2. The monoisotopic (exact) mass is 255 g/mol. The number of aliphatic hydroxyl groups excluding tert-OH is 1. The Kier molecular flexibility index (Phi) is 4.05. The minimum Gasteiger partial charge on any atom is -0.388 e. The van der Waals surface area contributed by atoms with Crippen molar-refractivity contribution in [3.8, 4) is 0 Å². The Bertz CT molecular complexity index is 393. The Morgan fingerprint density at radius 2 is 1.82 bits per heavy atom. The largest absolute Gasteiger partial charge is 0.403 e. The second-order valence-corrected chi connectivity index (χ2v) is 3.57. The lowest BCUT2D eigenvalue weighted by atomic mass is 10.0. The zero-order valence-electron chi connectivity index (χ0n) is 8.51. The highest BCUT2D eigenvalue weighted by atomic mass is 19.4. The van der Waals surface area contributed by atoms with Crippen LogP contribution >= 0.6 is 0 Å². The fraction of sp³-hybridized carbons (Fsp3) is 0.400. The van der Waals surface area contributed by atoms with Crippen LogP contribution in [0.5, 0.6) is 0 Å². The summed E-state index contributed by atoms with van der Waals surface area (Å²) in [6.07, 6.45) is -7.28. The van der Waals surface area contributed by atoms with Crippen LogP contribution in [0.15, 0.2) is 18.2 Å². The Balaban J connectivity index is 2.80. The molecule has 0 radical (unpaired) electrons. The fourth-order valence-electron chi connectivity index (χ4n) is 1.27. The van der Waals surface area contributed by atoms with Gasteiger partial charge in [-0.05, 0) is 6.07 Å². The molecule has 3 N–H and O–H groups in total. The van der Waals surface area contributed by atoms with Crippen molar-refractivity contribution in [2.75, 3.05) is 0 Å². The van der Waals surface area contributed by atoms with Gasteiger partial charge in [0.1, 0.15) is 17.7 Å². The molecular formula is C10H10F5NO. The Morgan fingerprint density at radius 1 is 1.24 bits per heavy atom. The predicted octanol–water partition coefficient (Wildman–Crippen LogP) is 2.28. The molecule has 0 aliphatic heterocycles. The lowest BCUT2D eigenvalue weighted by Crippen LogP contribution is -2.38. The summed E-state index contributed by atoms with van der Waals surface area (Å²) in [4.78, 5) is 0. The van der Waals surface area contributed by atoms with Gasteiger partial charge >= 0.3 is 6.18 Å². The van der Waals surface area contributed by atoms with Crippen molar-refractivity contribution in [1.82, 2.24) is 0 Å². The number of hydrogen-bond acceptors (Lipinski definition) is 2. The van der Waals surface area contributed by atoms with Gasteiger partial charge in [0.25, 0.3) is 0 Å². The number of aliphatic hydroxyl groups is 1. The van der Waals surface area contributed by atoms with E-state index < -0.39 is 41.9 Å². The predicted molar refractivity (Wildman–Crippen MR) is 50.0 cm³/mol. The van der Waals surface area contributed by atoms with Crippen LogP contribution in [0.25, 0.3) is 0 Å². The molecule has 0 spiro atoms. The van der Waals surface area contributed by atoms with Crippen molar-refractivity contribution in [2.45, 2.75) is 24.7 Å². The third-order valence-electron chi connectivity index (χ3n) is 2.22. The van der Waals surface area contributed by atoms with E-state index in [1.807, 2.05) is 0 Å². The maximum atomic E-state index is 13.1. The van der Waals surface area contributed by atoms with Gasteiger partial charge in [0, 0.05) is 18.1 Å². The normalized spacial score (nSPS) is 15.7. The van der Waals surface area contributed by atoms with E-state index in [1.165, 1.54) is 0 Å². The van der Waals surface area contributed by atoms with Crippen LogP contribution in [-0.4, -0.2) is 17.3 Å². The van der Waals surface area contributed by atoms with Gasteiger partial charge < -0.3 is 10.8 Å². The highest BCUT2D eigenvalue weighted by Crippen LogP contribution is 2.28. The Morgan fingerprint density at radius 3 is 2.29 bits per heavy atom. The number of halogens is 5. The van der Waals surface area contributed by atoms with Gasteiger partial charge in [-0.15, -0.1) is 0 Å². The molecule has 1 rings (SSSR count). The molecule has 0 fully saturated rings. The molecule has 1 aromatic rings. The molecule has 1 aromatic carbocycles. The third kappa shape index (κ3) is 3.64. The molecule has 0 aliphatic carbocycles. The molecule has 96 valence electrons. The standard InChI is InChI=1S/C10H10F5NO/c11-5-1-2-6(7(12)3-5)8(17)4-9(16)10(13,14)15/h1-3,8-9,17H,4,16H2/t8-,9-/m1/s1. The van der Waals surface area contributed by atoms with Crippen molar-refractivity contribution >= 4 is 0 Å². The fourth-order valence-corrected chi connectivity index (χ4v) is 1.27. The summed E-state index contributed by atoms with van der Waals surface area (Å²) in [5.74, 6) is -1.98. The molecule has 0 saturated heterocycles. The van der Waals surface area contributed by atoms with E-state index in [2.05, 4.69) is 0 Å². The van der Waals surface area contributed by atoms with Crippen molar-refractivity contribution in [1.29, 1.82) is 0 Å². The number of benzene rings is 1. The van der Waals surface area contributed by atoms with E-state index in [0.29, 0.717) is 6.07 Å². The molecule has 0 aromatic heterocycles. The summed E-state index contributed by atoms with van der Waals surface area (Å²) in [6.45, 7) is 0. The molecular weight excluding hydrogens is 245 g/mol. The van der Waals surface area contributed by atoms with Crippen LogP contribution in [0.4, 0.5) is 22.0 Å². The molecule has 0 amide bonds. The van der Waals surface area contributed by atoms with Gasteiger partial charge in [0.15, 0.2) is 0 Å². The quantitative estimate of drug-likeness (QED) is 0.814. The van der Waals surface area contributed by atoms with Crippen molar-refractivity contribution in [2.24, 2.45) is 5.73 Å². The lowest BCUT2D eigenvalue weighted by Gasteiger charge is -2.19.